The van der Waals surface area contributed by atoms with Crippen LogP contribution in [0.2, 0.25) is 0 Å². The van der Waals surface area contributed by atoms with E-state index in [4.69, 9.17) is 0 Å². The van der Waals surface area contributed by atoms with Crippen LogP contribution in [0.4, 0.5) is 5.69 Å². The number of hydrogen-bond donors (Lipinski definition) is 2. The highest BCUT2D eigenvalue weighted by molar-refractivity contribution is 5.97. The Morgan fingerprint density at radius 1 is 0.952 bits per heavy atom. The lowest BCUT2D eigenvalue weighted by Gasteiger charge is -2.36. The van der Waals surface area contributed by atoms with Crippen LogP contribution >= 0.6 is 0 Å². The number of piperidine rings is 1. The van der Waals surface area contributed by atoms with Gasteiger partial charge in [-0.2, -0.15) is 0 Å². The first-order chi connectivity index (χ1) is 20.0. The smallest absolute Gasteiger partial charge is 0.241 e. The second-order valence-electron chi connectivity index (χ2n) is 12.6. The van der Waals surface area contributed by atoms with E-state index < -0.39 is 0 Å². The Kier molecular flexibility index (Phi) is 15.6. The van der Waals surface area contributed by atoms with E-state index in [0.717, 1.165) is 41.8 Å². The maximum atomic E-state index is 13.1. The number of anilines is 1. The lowest BCUT2D eigenvalue weighted by atomic mass is 10.0. The minimum atomic E-state index is -0.218. The number of nitrogens with one attached hydrogen (secondary N) is 2. The van der Waals surface area contributed by atoms with E-state index in [1.54, 1.807) is 11.9 Å². The van der Waals surface area contributed by atoms with Gasteiger partial charge in [-0.1, -0.05) is 71.4 Å². The van der Waals surface area contributed by atoms with Gasteiger partial charge in [0.2, 0.25) is 18.2 Å². The molecule has 234 valence electrons. The van der Waals surface area contributed by atoms with Gasteiger partial charge >= 0.3 is 0 Å². The third-order valence-corrected chi connectivity index (χ3v) is 7.68. The van der Waals surface area contributed by atoms with Gasteiger partial charge in [-0.3, -0.25) is 19.3 Å². The third kappa shape index (κ3) is 12.1. The van der Waals surface area contributed by atoms with Crippen LogP contribution in [-0.2, 0) is 14.4 Å². The number of likely N-dealkylation sites (N-methyl/N-ethyl adjacent to an activating group) is 1. The van der Waals surface area contributed by atoms with Crippen LogP contribution in [0, 0.1) is 11.8 Å². The van der Waals surface area contributed by atoms with Crippen molar-refractivity contribution in [2.24, 2.45) is 11.8 Å². The molecule has 8 nitrogen and oxygen atoms in total. The third-order valence-electron chi connectivity index (χ3n) is 7.68. The zero-order valence-electron chi connectivity index (χ0n) is 27.1. The highest BCUT2D eigenvalue weighted by atomic mass is 16.2. The van der Waals surface area contributed by atoms with Crippen molar-refractivity contribution in [1.82, 2.24) is 20.0 Å². The molecule has 2 aromatic carbocycles. The first-order valence-corrected chi connectivity index (χ1v) is 15.7. The lowest BCUT2D eigenvalue weighted by Crippen LogP contribution is -2.52. The average molecular weight is 582 g/mol. The van der Waals surface area contributed by atoms with Crippen LogP contribution in [0.15, 0.2) is 42.5 Å². The molecular weight excluding hydrogens is 526 g/mol. The largest absolute Gasteiger partial charge is 0.350 e. The summed E-state index contributed by atoms with van der Waals surface area (Å²) in [5.74, 6) is 0.907. The summed E-state index contributed by atoms with van der Waals surface area (Å²) >= 11 is 0. The predicted octanol–water partition coefficient (Wildman–Crippen LogP) is 5.24. The summed E-state index contributed by atoms with van der Waals surface area (Å²) in [4.78, 5) is 42.3. The van der Waals surface area contributed by atoms with E-state index >= 15 is 0 Å². The van der Waals surface area contributed by atoms with Crippen molar-refractivity contribution in [2.75, 3.05) is 52.1 Å². The van der Waals surface area contributed by atoms with Crippen LogP contribution in [0.3, 0.4) is 0 Å². The fourth-order valence-corrected chi connectivity index (χ4v) is 5.35. The molecule has 0 aromatic heterocycles. The van der Waals surface area contributed by atoms with Crippen molar-refractivity contribution in [2.45, 2.75) is 78.8 Å². The zero-order valence-corrected chi connectivity index (χ0v) is 27.1. The molecule has 2 atom stereocenters. The normalized spacial score (nSPS) is 18.0. The Hall–Kier alpha value is -2.97. The molecule has 2 aliphatic rings. The Balaban J connectivity index is 0.000000470. The minimum absolute atomic E-state index is 0.00751. The van der Waals surface area contributed by atoms with Crippen molar-refractivity contribution < 1.29 is 14.4 Å². The average Bonchev–Trinajstić information content (AvgIpc) is 3.43. The number of nitrogens with zero attached hydrogens (tertiary/aromatic N) is 3. The Morgan fingerprint density at radius 2 is 1.60 bits per heavy atom. The molecular formula is C34H55N5O3. The van der Waals surface area contributed by atoms with Gasteiger partial charge in [-0.25, -0.2) is 0 Å². The molecule has 0 saturated carbocycles. The van der Waals surface area contributed by atoms with Crippen molar-refractivity contribution in [1.29, 1.82) is 0 Å². The molecule has 2 saturated heterocycles. The Morgan fingerprint density at radius 3 is 2.17 bits per heavy atom. The summed E-state index contributed by atoms with van der Waals surface area (Å²) in [5, 5.41) is 7.74. The van der Waals surface area contributed by atoms with E-state index in [9.17, 15) is 14.4 Å². The summed E-state index contributed by atoms with van der Waals surface area (Å²) < 4.78 is 0. The number of likely N-dealkylation sites (tertiary alicyclic amines) is 2. The maximum Gasteiger partial charge on any atom is 0.241 e. The van der Waals surface area contributed by atoms with Crippen molar-refractivity contribution in [3.63, 3.8) is 0 Å². The molecule has 2 aliphatic heterocycles. The van der Waals surface area contributed by atoms with E-state index in [0.29, 0.717) is 13.0 Å². The molecule has 0 spiro atoms. The van der Waals surface area contributed by atoms with E-state index in [-0.39, 0.29) is 36.4 Å². The number of hydrogen-bond acceptors (Lipinski definition) is 5. The van der Waals surface area contributed by atoms with Gasteiger partial charge in [-0.15, -0.1) is 0 Å². The van der Waals surface area contributed by atoms with E-state index in [1.807, 2.05) is 42.5 Å². The van der Waals surface area contributed by atoms with Crippen molar-refractivity contribution in [3.8, 4) is 0 Å². The number of fused-ring (bicyclic) bond motifs is 1. The van der Waals surface area contributed by atoms with Crippen LogP contribution in [0.25, 0.3) is 10.8 Å². The Labute approximate surface area is 254 Å². The summed E-state index contributed by atoms with van der Waals surface area (Å²) in [6, 6.07) is 13.7. The minimum Gasteiger partial charge on any atom is -0.350 e. The molecule has 2 N–H and O–H groups in total. The standard InChI is InChI=1S/C24H32N4O3.C6H13N.C4H10/c1-17(2)22(27(3)23(30)14-25-16-29)15-28-12-6-9-21(28)24(31)26-20-11-10-18-7-4-5-8-19(18)13-20;1-7-5-3-2-4-6-7;1-4(2)3/h4-5,7-8,10-11,13,16-17,21-22H,6,9,12,14-15H2,1-3H3,(H,25,29)(H,26,31);2-6H2,1H3;4H,1-3H3/t21-,22+;;/m0../s1. The SMILES string of the molecule is CC(C)C.CC(C)[C@@H](CN1CCC[C@H]1C(=O)Nc1ccc2ccccc2c1)N(C)C(=O)CNC=O.CN1CCCCC1. The summed E-state index contributed by atoms with van der Waals surface area (Å²) in [7, 11) is 3.96. The summed E-state index contributed by atoms with van der Waals surface area (Å²) in [6.07, 6.45) is 6.56. The number of carbonyl (C=O) groups excluding carboxylic acids is 3. The van der Waals surface area contributed by atoms with Gasteiger partial charge in [0.25, 0.3) is 0 Å². The van der Waals surface area contributed by atoms with E-state index in [1.165, 1.54) is 32.4 Å². The van der Waals surface area contributed by atoms with Gasteiger partial charge in [0.1, 0.15) is 0 Å². The van der Waals surface area contributed by atoms with Crippen LogP contribution < -0.4 is 10.6 Å². The highest BCUT2D eigenvalue weighted by Crippen LogP contribution is 2.24. The fourth-order valence-electron chi connectivity index (χ4n) is 5.35. The predicted molar refractivity (Wildman–Crippen MR) is 174 cm³/mol. The molecule has 0 radical (unpaired) electrons. The molecule has 0 bridgehead atoms. The quantitative estimate of drug-likeness (QED) is 0.396. The van der Waals surface area contributed by atoms with Gasteiger partial charge in [0.05, 0.1) is 12.6 Å². The Bertz CT molecular complexity index is 1100. The van der Waals surface area contributed by atoms with Crippen LogP contribution in [0.5, 0.6) is 0 Å². The zero-order chi connectivity index (χ0) is 31.1. The number of carbonyl (C=O) groups is 3. The summed E-state index contributed by atoms with van der Waals surface area (Å²) in [6.45, 7) is 14.7. The van der Waals surface area contributed by atoms with Crippen LogP contribution in [0.1, 0.15) is 66.7 Å². The van der Waals surface area contributed by atoms with E-state index in [2.05, 4.69) is 62.1 Å². The topological polar surface area (TPSA) is 85.0 Å². The second-order valence-corrected chi connectivity index (χ2v) is 12.6. The molecule has 8 heteroatoms. The van der Waals surface area contributed by atoms with Gasteiger partial charge in [0.15, 0.2) is 0 Å². The molecule has 2 aromatic rings. The number of rotatable bonds is 9. The lowest BCUT2D eigenvalue weighted by molar-refractivity contribution is -0.133. The highest BCUT2D eigenvalue weighted by Gasteiger charge is 2.34. The maximum absolute atomic E-state index is 13.1. The molecule has 42 heavy (non-hydrogen) atoms. The second kappa shape index (κ2) is 18.5. The van der Waals surface area contributed by atoms with Gasteiger partial charge in [0, 0.05) is 25.3 Å². The molecule has 0 unspecified atom stereocenters. The van der Waals surface area contributed by atoms with Gasteiger partial charge in [-0.05, 0) is 87.1 Å². The summed E-state index contributed by atoms with van der Waals surface area (Å²) in [5.41, 5.74) is 0.795. The fraction of sp³-hybridized carbons (Fsp3) is 0.618. The molecule has 2 fully saturated rings. The monoisotopic (exact) mass is 581 g/mol. The van der Waals surface area contributed by atoms with Crippen LogP contribution in [-0.4, -0.2) is 91.8 Å². The molecule has 4 rings (SSSR count). The molecule has 3 amide bonds. The number of benzene rings is 2. The number of amides is 3. The molecule has 0 aliphatic carbocycles. The van der Waals surface area contributed by atoms with Crippen molar-refractivity contribution in [3.05, 3.63) is 42.5 Å². The first kappa shape index (κ1) is 35.2. The van der Waals surface area contributed by atoms with Crippen molar-refractivity contribution >= 4 is 34.7 Å². The first-order valence-electron chi connectivity index (χ1n) is 15.7. The molecule has 2 heterocycles. The van der Waals surface area contributed by atoms with Gasteiger partial charge < -0.3 is 20.4 Å².